The number of rotatable bonds is 10. The lowest BCUT2D eigenvalue weighted by molar-refractivity contribution is -0.702. The van der Waals surface area contributed by atoms with Crippen LogP contribution in [0.25, 0.3) is 0 Å². The van der Waals surface area contributed by atoms with E-state index in [1.165, 1.54) is 25.7 Å². The Hall–Kier alpha value is -0.200. The zero-order chi connectivity index (χ0) is 9.78. The molecule has 0 unspecified atom stereocenters. The van der Waals surface area contributed by atoms with Crippen LogP contribution in [-0.4, -0.2) is 11.9 Å². The molecule has 13 heavy (non-hydrogen) atoms. The quantitative estimate of drug-likeness (QED) is 0.329. The first-order valence-electron chi connectivity index (χ1n) is 4.68. The summed E-state index contributed by atoms with van der Waals surface area (Å²) in [6.45, 7) is 2.62. The fourth-order valence-electron chi connectivity index (χ4n) is 1.01. The predicted molar refractivity (Wildman–Crippen MR) is 45.2 cm³/mol. The van der Waals surface area contributed by atoms with E-state index < -0.39 is 0 Å². The monoisotopic (exact) mass is 194 g/mol. The van der Waals surface area contributed by atoms with Crippen LogP contribution in [-0.2, 0) is 20.0 Å². The van der Waals surface area contributed by atoms with Crippen molar-refractivity contribution in [2.75, 3.05) is 6.61 Å². The van der Waals surface area contributed by atoms with E-state index in [9.17, 15) is 0 Å². The molecule has 0 saturated heterocycles. The van der Waals surface area contributed by atoms with Crippen LogP contribution in [0.4, 0.5) is 0 Å². The van der Waals surface area contributed by atoms with Gasteiger partial charge in [-0.25, -0.2) is 10.1 Å². The van der Waals surface area contributed by atoms with Crippen molar-refractivity contribution in [2.24, 2.45) is 0 Å². The summed E-state index contributed by atoms with van der Waals surface area (Å²) in [7, 11) is 0. The highest BCUT2D eigenvalue weighted by Crippen LogP contribution is 2.04. The fraction of sp³-hybridized carbons (Fsp3) is 1.00. The lowest BCUT2D eigenvalue weighted by atomic mass is 10.1. The molecule has 0 atom stereocenters. The van der Waals surface area contributed by atoms with E-state index in [1.54, 1.807) is 0 Å². The second kappa shape index (κ2) is 11.8. The second-order valence-electron chi connectivity index (χ2n) is 2.80. The van der Waals surface area contributed by atoms with Crippen LogP contribution < -0.4 is 0 Å². The highest BCUT2D eigenvalue weighted by Gasteiger charge is 1.92. The molecule has 0 aliphatic heterocycles. The molecule has 0 aromatic carbocycles. The molecule has 0 aromatic heterocycles. The lowest BCUT2D eigenvalue weighted by Crippen LogP contribution is -1.97. The zero-order valence-electron chi connectivity index (χ0n) is 8.03. The summed E-state index contributed by atoms with van der Waals surface area (Å²) in [6, 6.07) is 0. The summed E-state index contributed by atoms with van der Waals surface area (Å²) in [6.07, 6.45) is 7.06. The van der Waals surface area contributed by atoms with Gasteiger partial charge in [-0.1, -0.05) is 39.0 Å². The molecular weight excluding hydrogens is 176 g/mol. The van der Waals surface area contributed by atoms with Crippen molar-refractivity contribution < 1.29 is 25.3 Å². The Bertz CT molecular complexity index is 78.6. The largest absolute Gasteiger partial charge is 0.219 e. The summed E-state index contributed by atoms with van der Waals surface area (Å²) in [5.74, 6) is 0. The zero-order valence-corrected chi connectivity index (χ0v) is 8.03. The molecule has 0 amide bonds. The van der Waals surface area contributed by atoms with Gasteiger partial charge in [-0.15, -0.1) is 0 Å². The lowest BCUT2D eigenvalue weighted by Gasteiger charge is -2.00. The molecule has 0 saturated carbocycles. The van der Waals surface area contributed by atoms with Gasteiger partial charge in [-0.3, -0.25) is 0 Å². The molecule has 0 bridgehead atoms. The smallest absolute Gasteiger partial charge is 0.0855 e. The van der Waals surface area contributed by atoms with Crippen LogP contribution in [0.5, 0.6) is 0 Å². The van der Waals surface area contributed by atoms with Crippen LogP contribution in [0.3, 0.4) is 0 Å². The summed E-state index contributed by atoms with van der Waals surface area (Å²) < 4.78 is 0. The summed E-state index contributed by atoms with van der Waals surface area (Å²) in [4.78, 5) is 4.47. The van der Waals surface area contributed by atoms with Crippen molar-refractivity contribution in [1.82, 2.24) is 0 Å². The summed E-state index contributed by atoms with van der Waals surface area (Å²) >= 11 is 0. The topological polar surface area (TPSA) is 57.2 Å². The van der Waals surface area contributed by atoms with Crippen LogP contribution in [0.2, 0.25) is 0 Å². The Balaban J connectivity index is 2.76. The van der Waals surface area contributed by atoms with Gasteiger partial charge in [0.05, 0.1) is 6.61 Å². The standard InChI is InChI=1S/C8H18O5/c1-2-3-4-5-6-7-8-10-12-13-11-9/h9H,2-8H2,1H3. The van der Waals surface area contributed by atoms with E-state index in [0.717, 1.165) is 12.8 Å². The van der Waals surface area contributed by atoms with Gasteiger partial charge >= 0.3 is 0 Å². The van der Waals surface area contributed by atoms with E-state index >= 15 is 0 Å². The minimum absolute atomic E-state index is 0.440. The molecule has 0 rings (SSSR count). The van der Waals surface area contributed by atoms with Gasteiger partial charge in [-0.2, -0.15) is 0 Å². The average Bonchev–Trinajstić information content (AvgIpc) is 2.16. The van der Waals surface area contributed by atoms with E-state index in [1.807, 2.05) is 0 Å². The summed E-state index contributed by atoms with van der Waals surface area (Å²) in [5.41, 5.74) is 0. The minimum atomic E-state index is 0.440. The van der Waals surface area contributed by atoms with Gasteiger partial charge in [0, 0.05) is 0 Å². The van der Waals surface area contributed by atoms with Crippen LogP contribution in [0.1, 0.15) is 45.4 Å². The van der Waals surface area contributed by atoms with E-state index in [4.69, 9.17) is 5.26 Å². The average molecular weight is 194 g/mol. The first-order valence-corrected chi connectivity index (χ1v) is 4.68. The van der Waals surface area contributed by atoms with Crippen molar-refractivity contribution in [3.63, 3.8) is 0 Å². The van der Waals surface area contributed by atoms with Gasteiger partial charge in [0.1, 0.15) is 0 Å². The molecule has 0 aliphatic rings. The highest BCUT2D eigenvalue weighted by atomic mass is 17.8. The number of hydrogen-bond donors (Lipinski definition) is 1. The molecule has 1 N–H and O–H groups in total. The molecule has 0 radical (unpaired) electrons. The van der Waals surface area contributed by atoms with Crippen LogP contribution in [0, 0.1) is 0 Å². The molecule has 5 nitrogen and oxygen atoms in total. The molecule has 80 valence electrons. The van der Waals surface area contributed by atoms with Crippen LogP contribution >= 0.6 is 0 Å². The SMILES string of the molecule is CCCCCCCCOOOOO. The van der Waals surface area contributed by atoms with E-state index in [0.29, 0.717) is 6.61 Å². The first-order chi connectivity index (χ1) is 6.41. The van der Waals surface area contributed by atoms with Crippen molar-refractivity contribution in [2.45, 2.75) is 45.4 Å². The molecule has 0 aromatic rings. The third kappa shape index (κ3) is 11.8. The fourth-order valence-corrected chi connectivity index (χ4v) is 1.01. The molecule has 0 spiro atoms. The van der Waals surface area contributed by atoms with E-state index in [-0.39, 0.29) is 0 Å². The van der Waals surface area contributed by atoms with Crippen molar-refractivity contribution >= 4 is 0 Å². The Morgan fingerprint density at radius 3 is 2.31 bits per heavy atom. The molecular formula is C8H18O5. The number of unbranched alkanes of at least 4 members (excludes halogenated alkanes) is 5. The van der Waals surface area contributed by atoms with Crippen LogP contribution in [0.15, 0.2) is 0 Å². The maximum absolute atomic E-state index is 7.64. The van der Waals surface area contributed by atoms with E-state index in [2.05, 4.69) is 26.9 Å². The second-order valence-corrected chi connectivity index (χ2v) is 2.80. The van der Waals surface area contributed by atoms with Gasteiger partial charge in [0.15, 0.2) is 0 Å². The van der Waals surface area contributed by atoms with Gasteiger partial charge in [0.2, 0.25) is 0 Å². The Morgan fingerprint density at radius 2 is 1.62 bits per heavy atom. The Kier molecular flexibility index (Phi) is 11.6. The van der Waals surface area contributed by atoms with Gasteiger partial charge in [0.25, 0.3) is 0 Å². The molecule has 0 heterocycles. The number of hydrogen-bond acceptors (Lipinski definition) is 5. The maximum Gasteiger partial charge on any atom is 0.0855 e. The maximum atomic E-state index is 7.64. The molecule has 0 fully saturated rings. The third-order valence-electron chi connectivity index (χ3n) is 1.69. The first kappa shape index (κ1) is 12.8. The van der Waals surface area contributed by atoms with Crippen molar-refractivity contribution in [3.8, 4) is 0 Å². The Morgan fingerprint density at radius 1 is 0.923 bits per heavy atom. The van der Waals surface area contributed by atoms with Gasteiger partial charge in [-0.05, 0) is 21.5 Å². The van der Waals surface area contributed by atoms with Gasteiger partial charge < -0.3 is 0 Å². The minimum Gasteiger partial charge on any atom is -0.219 e. The normalized spacial score (nSPS) is 10.6. The summed E-state index contributed by atoms with van der Waals surface area (Å²) in [5, 5.41) is 18.3. The third-order valence-corrected chi connectivity index (χ3v) is 1.69. The predicted octanol–water partition coefficient (Wildman–Crippen LogP) is 2.63. The molecule has 5 heteroatoms. The van der Waals surface area contributed by atoms with Crippen molar-refractivity contribution in [1.29, 1.82) is 0 Å². The highest BCUT2D eigenvalue weighted by molar-refractivity contribution is 4.41. The Labute approximate surface area is 78.3 Å². The van der Waals surface area contributed by atoms with Crippen molar-refractivity contribution in [3.05, 3.63) is 0 Å². The molecule has 0 aliphatic carbocycles.